The van der Waals surface area contributed by atoms with Crippen LogP contribution in [0.2, 0.25) is 0 Å². The highest BCUT2D eigenvalue weighted by Crippen LogP contribution is 2.17. The van der Waals surface area contributed by atoms with Crippen molar-refractivity contribution < 1.29 is 0 Å². The quantitative estimate of drug-likeness (QED) is 0.631. The van der Waals surface area contributed by atoms with Crippen LogP contribution in [0.5, 0.6) is 0 Å². The topological polar surface area (TPSA) is 62.2 Å². The summed E-state index contributed by atoms with van der Waals surface area (Å²) in [5.41, 5.74) is 3.63. The minimum Gasteiger partial charge on any atom is -0.357 e. The van der Waals surface area contributed by atoms with Gasteiger partial charge >= 0.3 is 0 Å². The average molecular weight is 331 g/mol. The van der Waals surface area contributed by atoms with Gasteiger partial charge in [-0.25, -0.2) is 9.98 Å². The standard InChI is InChI=1S/C17H25N5S/c1-5-19-17(21-11-16-13(3)22-14(4)23-16)20-9-7-15-6-8-18-10-12(15)2/h6,8,10H,5,7,9,11H2,1-4H3,(H2,19,20,21). The monoisotopic (exact) mass is 331 g/mol. The number of nitrogens with zero attached hydrogens (tertiary/aromatic N) is 3. The smallest absolute Gasteiger partial charge is 0.191 e. The third-order valence-corrected chi connectivity index (χ3v) is 4.61. The first kappa shape index (κ1) is 17.4. The Morgan fingerprint density at radius 1 is 1.26 bits per heavy atom. The molecule has 0 fully saturated rings. The fourth-order valence-electron chi connectivity index (χ4n) is 2.31. The fourth-order valence-corrected chi connectivity index (χ4v) is 3.17. The van der Waals surface area contributed by atoms with Crippen molar-refractivity contribution in [1.29, 1.82) is 0 Å². The Balaban J connectivity index is 1.91. The summed E-state index contributed by atoms with van der Waals surface area (Å²) < 4.78 is 0. The molecule has 124 valence electrons. The minimum absolute atomic E-state index is 0.668. The maximum absolute atomic E-state index is 4.66. The van der Waals surface area contributed by atoms with Gasteiger partial charge in [-0.3, -0.25) is 4.98 Å². The summed E-state index contributed by atoms with van der Waals surface area (Å²) in [4.78, 5) is 14.5. The molecule has 0 saturated heterocycles. The predicted molar refractivity (Wildman–Crippen MR) is 97.1 cm³/mol. The number of aromatic nitrogens is 2. The number of hydrogen-bond acceptors (Lipinski definition) is 4. The van der Waals surface area contributed by atoms with E-state index in [9.17, 15) is 0 Å². The van der Waals surface area contributed by atoms with Crippen LogP contribution in [0.15, 0.2) is 23.5 Å². The van der Waals surface area contributed by atoms with Crippen molar-refractivity contribution in [1.82, 2.24) is 20.6 Å². The van der Waals surface area contributed by atoms with E-state index in [1.165, 1.54) is 16.0 Å². The Labute approximate surface area is 142 Å². The van der Waals surface area contributed by atoms with Crippen molar-refractivity contribution in [3.8, 4) is 0 Å². The molecule has 2 N–H and O–H groups in total. The molecule has 0 spiro atoms. The highest BCUT2D eigenvalue weighted by molar-refractivity contribution is 7.11. The van der Waals surface area contributed by atoms with Crippen LogP contribution in [0.1, 0.15) is 33.6 Å². The van der Waals surface area contributed by atoms with Crippen LogP contribution in [0, 0.1) is 20.8 Å². The number of rotatable bonds is 6. The number of aryl methyl sites for hydroxylation is 3. The zero-order valence-electron chi connectivity index (χ0n) is 14.3. The molecule has 0 aliphatic rings. The van der Waals surface area contributed by atoms with Gasteiger partial charge in [-0.2, -0.15) is 0 Å². The Morgan fingerprint density at radius 3 is 2.74 bits per heavy atom. The van der Waals surface area contributed by atoms with E-state index in [-0.39, 0.29) is 0 Å². The molecule has 0 aliphatic carbocycles. The molecule has 6 heteroatoms. The molecule has 2 heterocycles. The van der Waals surface area contributed by atoms with Crippen LogP contribution in [-0.2, 0) is 13.0 Å². The largest absolute Gasteiger partial charge is 0.357 e. The van der Waals surface area contributed by atoms with Gasteiger partial charge in [-0.15, -0.1) is 11.3 Å². The summed E-state index contributed by atoms with van der Waals surface area (Å²) >= 11 is 1.72. The van der Waals surface area contributed by atoms with Gasteiger partial charge < -0.3 is 10.6 Å². The minimum atomic E-state index is 0.668. The van der Waals surface area contributed by atoms with Gasteiger partial charge in [-0.1, -0.05) is 0 Å². The number of hydrogen-bond donors (Lipinski definition) is 2. The predicted octanol–water partition coefficient (Wildman–Crippen LogP) is 2.76. The Morgan fingerprint density at radius 2 is 2.09 bits per heavy atom. The highest BCUT2D eigenvalue weighted by atomic mass is 32.1. The molecular formula is C17H25N5S. The second kappa shape index (κ2) is 8.62. The molecule has 0 radical (unpaired) electrons. The van der Waals surface area contributed by atoms with Gasteiger partial charge in [-0.05, 0) is 51.3 Å². The molecule has 0 bridgehead atoms. The number of guanidine groups is 1. The second-order valence-corrected chi connectivity index (χ2v) is 6.70. The van der Waals surface area contributed by atoms with Gasteiger partial charge in [0.2, 0.25) is 0 Å². The van der Waals surface area contributed by atoms with E-state index >= 15 is 0 Å². The van der Waals surface area contributed by atoms with Crippen molar-refractivity contribution in [2.45, 2.75) is 40.7 Å². The van der Waals surface area contributed by atoms with Gasteiger partial charge in [0.05, 0.1) is 17.2 Å². The summed E-state index contributed by atoms with van der Waals surface area (Å²) in [5.74, 6) is 0.852. The third-order valence-electron chi connectivity index (χ3n) is 3.55. The van der Waals surface area contributed by atoms with Gasteiger partial charge in [0.25, 0.3) is 0 Å². The first-order valence-electron chi connectivity index (χ1n) is 7.94. The lowest BCUT2D eigenvalue weighted by Gasteiger charge is -2.12. The Kier molecular flexibility index (Phi) is 6.52. The van der Waals surface area contributed by atoms with Crippen LogP contribution in [-0.4, -0.2) is 29.0 Å². The molecule has 0 saturated carbocycles. The van der Waals surface area contributed by atoms with Crippen LogP contribution in [0.4, 0.5) is 0 Å². The van der Waals surface area contributed by atoms with E-state index in [2.05, 4.69) is 45.5 Å². The molecule has 2 rings (SSSR count). The van der Waals surface area contributed by atoms with Crippen molar-refractivity contribution in [3.63, 3.8) is 0 Å². The molecule has 0 unspecified atom stereocenters. The van der Waals surface area contributed by atoms with Crippen LogP contribution in [0.25, 0.3) is 0 Å². The zero-order chi connectivity index (χ0) is 16.7. The molecule has 2 aromatic rings. The van der Waals surface area contributed by atoms with Gasteiger partial charge in [0, 0.05) is 30.4 Å². The molecule has 0 amide bonds. The lowest BCUT2D eigenvalue weighted by molar-refractivity contribution is 0.797. The van der Waals surface area contributed by atoms with E-state index in [4.69, 9.17) is 0 Å². The van der Waals surface area contributed by atoms with Crippen molar-refractivity contribution >= 4 is 17.3 Å². The summed E-state index contributed by atoms with van der Waals surface area (Å²) in [5, 5.41) is 7.78. The van der Waals surface area contributed by atoms with Crippen LogP contribution >= 0.6 is 11.3 Å². The van der Waals surface area contributed by atoms with E-state index in [1.54, 1.807) is 11.3 Å². The SMILES string of the molecule is CCNC(=NCc1sc(C)nc1C)NCCc1ccncc1C. The summed E-state index contributed by atoms with van der Waals surface area (Å²) in [6.07, 6.45) is 4.71. The van der Waals surface area contributed by atoms with Crippen molar-refractivity contribution in [2.24, 2.45) is 4.99 Å². The lowest BCUT2D eigenvalue weighted by atomic mass is 10.1. The second-order valence-electron chi connectivity index (χ2n) is 5.42. The molecule has 0 aromatic carbocycles. The number of aliphatic imine (C=N–C) groups is 1. The lowest BCUT2D eigenvalue weighted by Crippen LogP contribution is -2.38. The molecule has 23 heavy (non-hydrogen) atoms. The zero-order valence-corrected chi connectivity index (χ0v) is 15.1. The molecule has 5 nitrogen and oxygen atoms in total. The summed E-state index contributed by atoms with van der Waals surface area (Å²) in [6, 6.07) is 2.07. The molecular weight excluding hydrogens is 306 g/mol. The molecule has 0 aliphatic heterocycles. The van der Waals surface area contributed by atoms with Gasteiger partial charge in [0.1, 0.15) is 0 Å². The average Bonchev–Trinajstić information content (AvgIpc) is 2.84. The third kappa shape index (κ3) is 5.32. The first-order valence-corrected chi connectivity index (χ1v) is 8.76. The maximum Gasteiger partial charge on any atom is 0.191 e. The molecule has 2 aromatic heterocycles. The first-order chi connectivity index (χ1) is 11.1. The number of pyridine rings is 1. The number of nitrogens with one attached hydrogen (secondary N) is 2. The Hall–Kier alpha value is -1.95. The van der Waals surface area contributed by atoms with Gasteiger partial charge in [0.15, 0.2) is 5.96 Å². The summed E-state index contributed by atoms with van der Waals surface area (Å²) in [7, 11) is 0. The van der Waals surface area contributed by atoms with E-state index in [0.29, 0.717) is 6.54 Å². The van der Waals surface area contributed by atoms with Crippen LogP contribution in [0.3, 0.4) is 0 Å². The Bertz CT molecular complexity index is 663. The summed E-state index contributed by atoms with van der Waals surface area (Å²) in [6.45, 7) is 10.6. The highest BCUT2D eigenvalue weighted by Gasteiger charge is 2.05. The van der Waals surface area contributed by atoms with E-state index in [0.717, 1.165) is 36.2 Å². The van der Waals surface area contributed by atoms with E-state index < -0.39 is 0 Å². The number of thiazole rings is 1. The van der Waals surface area contributed by atoms with Crippen molar-refractivity contribution in [3.05, 3.63) is 45.2 Å². The normalized spacial score (nSPS) is 11.6. The fraction of sp³-hybridized carbons (Fsp3) is 0.471. The van der Waals surface area contributed by atoms with Crippen LogP contribution < -0.4 is 10.6 Å². The van der Waals surface area contributed by atoms with Crippen molar-refractivity contribution in [2.75, 3.05) is 13.1 Å². The van der Waals surface area contributed by atoms with E-state index in [1.807, 2.05) is 26.2 Å². The maximum atomic E-state index is 4.66. The molecule has 0 atom stereocenters.